The predicted molar refractivity (Wildman–Crippen MR) is 76.0 cm³/mol. The second kappa shape index (κ2) is 5.05. The topological polar surface area (TPSA) is 38.8 Å². The molecule has 0 N–H and O–H groups in total. The highest BCUT2D eigenvalue weighted by atomic mass is 127. The Morgan fingerprint density at radius 3 is 3.11 bits per heavy atom. The van der Waals surface area contributed by atoms with Crippen molar-refractivity contribution in [3.05, 3.63) is 21.8 Å². The highest BCUT2D eigenvalue weighted by molar-refractivity contribution is 14.1. The summed E-state index contributed by atoms with van der Waals surface area (Å²) in [6.07, 6.45) is 2.28. The lowest BCUT2D eigenvalue weighted by atomic mass is 10.2. The van der Waals surface area contributed by atoms with Crippen molar-refractivity contribution >= 4 is 34.2 Å². The number of amides is 1. The van der Waals surface area contributed by atoms with Gasteiger partial charge in [-0.3, -0.25) is 4.79 Å². The van der Waals surface area contributed by atoms with Crippen LogP contribution in [-0.2, 0) is 9.53 Å². The lowest BCUT2D eigenvalue weighted by Gasteiger charge is -2.31. The average Bonchev–Trinajstić information content (AvgIpc) is 2.86. The molecule has 1 aromatic rings. The Morgan fingerprint density at radius 2 is 2.33 bits per heavy atom. The Morgan fingerprint density at radius 1 is 1.44 bits per heavy atom. The number of anilines is 1. The number of rotatable bonds is 2. The first-order chi connectivity index (χ1) is 8.74. The molecule has 0 spiro atoms. The molecule has 2 heterocycles. The number of hydrogen-bond donors (Lipinski definition) is 0. The van der Waals surface area contributed by atoms with Gasteiger partial charge in [-0.1, -0.05) is 0 Å². The van der Waals surface area contributed by atoms with Crippen LogP contribution in [0.1, 0.15) is 12.8 Å². The quantitative estimate of drug-likeness (QED) is 0.760. The molecule has 5 heteroatoms. The van der Waals surface area contributed by atoms with E-state index in [9.17, 15) is 4.79 Å². The first kappa shape index (κ1) is 12.2. The van der Waals surface area contributed by atoms with Crippen molar-refractivity contribution in [1.29, 1.82) is 0 Å². The minimum atomic E-state index is 0.0139. The van der Waals surface area contributed by atoms with Crippen LogP contribution >= 0.6 is 22.6 Å². The SMILES string of the molecule is O=C1COc2ccc(I)cc2N1CC1CCCO1. The molecule has 0 aliphatic carbocycles. The van der Waals surface area contributed by atoms with E-state index in [1.54, 1.807) is 4.90 Å². The van der Waals surface area contributed by atoms with Gasteiger partial charge in [-0.2, -0.15) is 0 Å². The van der Waals surface area contributed by atoms with Gasteiger partial charge in [0.05, 0.1) is 18.3 Å². The van der Waals surface area contributed by atoms with Gasteiger partial charge in [0.15, 0.2) is 6.61 Å². The van der Waals surface area contributed by atoms with Gasteiger partial charge in [0.25, 0.3) is 5.91 Å². The molecule has 96 valence electrons. The molecule has 1 aromatic carbocycles. The average molecular weight is 359 g/mol. The van der Waals surface area contributed by atoms with Crippen molar-refractivity contribution in [3.8, 4) is 5.75 Å². The van der Waals surface area contributed by atoms with Crippen LogP contribution in [0.2, 0.25) is 0 Å². The van der Waals surface area contributed by atoms with Crippen LogP contribution in [0, 0.1) is 3.57 Å². The lowest BCUT2D eigenvalue weighted by Crippen LogP contribution is -2.43. The van der Waals surface area contributed by atoms with Crippen molar-refractivity contribution in [2.75, 3.05) is 24.7 Å². The van der Waals surface area contributed by atoms with E-state index in [2.05, 4.69) is 22.6 Å². The van der Waals surface area contributed by atoms with E-state index in [0.717, 1.165) is 34.5 Å². The van der Waals surface area contributed by atoms with E-state index in [4.69, 9.17) is 9.47 Å². The van der Waals surface area contributed by atoms with Crippen LogP contribution in [0.3, 0.4) is 0 Å². The van der Waals surface area contributed by atoms with Gasteiger partial charge in [0, 0.05) is 10.2 Å². The maximum absolute atomic E-state index is 12.0. The van der Waals surface area contributed by atoms with Crippen LogP contribution in [-0.4, -0.2) is 31.8 Å². The molecule has 2 aliphatic rings. The molecule has 1 fully saturated rings. The molecule has 0 aromatic heterocycles. The van der Waals surface area contributed by atoms with Gasteiger partial charge >= 0.3 is 0 Å². The Hall–Kier alpha value is -0.820. The fourth-order valence-corrected chi connectivity index (χ4v) is 2.84. The molecular weight excluding hydrogens is 345 g/mol. The first-order valence-corrected chi connectivity index (χ1v) is 7.16. The summed E-state index contributed by atoms with van der Waals surface area (Å²) in [4.78, 5) is 13.8. The number of hydrogen-bond acceptors (Lipinski definition) is 3. The summed E-state index contributed by atoms with van der Waals surface area (Å²) >= 11 is 2.24. The van der Waals surface area contributed by atoms with Gasteiger partial charge in [-0.25, -0.2) is 0 Å². The second-order valence-electron chi connectivity index (χ2n) is 4.54. The Bertz CT molecular complexity index is 471. The summed E-state index contributed by atoms with van der Waals surface area (Å²) in [5.41, 5.74) is 0.869. The second-order valence-corrected chi connectivity index (χ2v) is 5.79. The molecule has 3 rings (SSSR count). The summed E-state index contributed by atoms with van der Waals surface area (Å²) in [6.45, 7) is 1.57. The summed E-state index contributed by atoms with van der Waals surface area (Å²) < 4.78 is 12.2. The molecule has 1 amide bonds. The minimum absolute atomic E-state index is 0.0139. The smallest absolute Gasteiger partial charge is 0.265 e. The van der Waals surface area contributed by atoms with Crippen molar-refractivity contribution in [1.82, 2.24) is 0 Å². The number of benzene rings is 1. The maximum Gasteiger partial charge on any atom is 0.265 e. The van der Waals surface area contributed by atoms with Crippen molar-refractivity contribution in [2.45, 2.75) is 18.9 Å². The number of carbonyl (C=O) groups excluding carboxylic acids is 1. The zero-order valence-corrected chi connectivity index (χ0v) is 12.1. The standard InChI is InChI=1S/C13H14INO3/c14-9-3-4-12-11(6-9)15(13(16)8-18-12)7-10-2-1-5-17-10/h3-4,6,10H,1-2,5,7-8H2. The lowest BCUT2D eigenvalue weighted by molar-refractivity contribution is -0.121. The van der Waals surface area contributed by atoms with E-state index in [0.29, 0.717) is 6.54 Å². The monoisotopic (exact) mass is 359 g/mol. The van der Waals surface area contributed by atoms with Crippen molar-refractivity contribution < 1.29 is 14.3 Å². The van der Waals surface area contributed by atoms with Gasteiger partial charge in [-0.05, 0) is 53.6 Å². The first-order valence-electron chi connectivity index (χ1n) is 6.08. The molecule has 18 heavy (non-hydrogen) atoms. The molecule has 2 aliphatic heterocycles. The molecule has 1 atom stereocenters. The van der Waals surface area contributed by atoms with Crippen LogP contribution < -0.4 is 9.64 Å². The third kappa shape index (κ3) is 2.33. The Kier molecular flexibility index (Phi) is 3.43. The maximum atomic E-state index is 12.0. The molecule has 0 radical (unpaired) electrons. The summed E-state index contributed by atoms with van der Waals surface area (Å²) in [6, 6.07) is 5.90. The van der Waals surface area contributed by atoms with Crippen LogP contribution in [0.5, 0.6) is 5.75 Å². The Balaban J connectivity index is 1.88. The van der Waals surface area contributed by atoms with Gasteiger partial charge in [0.2, 0.25) is 0 Å². The molecule has 4 nitrogen and oxygen atoms in total. The van der Waals surface area contributed by atoms with E-state index in [1.807, 2.05) is 18.2 Å². The molecule has 0 saturated carbocycles. The number of fused-ring (bicyclic) bond motifs is 1. The number of carbonyl (C=O) groups is 1. The zero-order chi connectivity index (χ0) is 12.5. The van der Waals surface area contributed by atoms with Crippen molar-refractivity contribution in [3.63, 3.8) is 0 Å². The van der Waals surface area contributed by atoms with E-state index in [1.165, 1.54) is 0 Å². The summed E-state index contributed by atoms with van der Waals surface area (Å²) in [7, 11) is 0. The summed E-state index contributed by atoms with van der Waals surface area (Å²) in [5, 5.41) is 0. The van der Waals surface area contributed by atoms with Crippen LogP contribution in [0.25, 0.3) is 0 Å². The molecular formula is C13H14INO3. The molecule has 0 bridgehead atoms. The highest BCUT2D eigenvalue weighted by Crippen LogP contribution is 2.34. The highest BCUT2D eigenvalue weighted by Gasteiger charge is 2.29. The van der Waals surface area contributed by atoms with Crippen LogP contribution in [0.15, 0.2) is 18.2 Å². The number of ether oxygens (including phenoxy) is 2. The van der Waals surface area contributed by atoms with E-state index >= 15 is 0 Å². The zero-order valence-electron chi connectivity index (χ0n) is 9.89. The van der Waals surface area contributed by atoms with Gasteiger partial charge < -0.3 is 14.4 Å². The summed E-state index contributed by atoms with van der Waals surface area (Å²) in [5.74, 6) is 0.799. The molecule has 1 saturated heterocycles. The largest absolute Gasteiger partial charge is 0.482 e. The van der Waals surface area contributed by atoms with Crippen LogP contribution in [0.4, 0.5) is 5.69 Å². The van der Waals surface area contributed by atoms with Gasteiger partial charge in [0.1, 0.15) is 5.75 Å². The number of halogens is 1. The van der Waals surface area contributed by atoms with Gasteiger partial charge in [-0.15, -0.1) is 0 Å². The van der Waals surface area contributed by atoms with Crippen molar-refractivity contribution in [2.24, 2.45) is 0 Å². The third-order valence-corrected chi connectivity index (χ3v) is 3.95. The molecule has 1 unspecified atom stereocenters. The predicted octanol–water partition coefficient (Wildman–Crippen LogP) is 2.20. The van der Waals surface area contributed by atoms with E-state index < -0.39 is 0 Å². The number of nitrogens with zero attached hydrogens (tertiary/aromatic N) is 1. The van der Waals surface area contributed by atoms with E-state index in [-0.39, 0.29) is 18.6 Å². The fourth-order valence-electron chi connectivity index (χ4n) is 2.37. The fraction of sp³-hybridized carbons (Fsp3) is 0.462. The minimum Gasteiger partial charge on any atom is -0.482 e. The normalized spacial score (nSPS) is 22.8. The third-order valence-electron chi connectivity index (χ3n) is 3.27. The Labute approximate surface area is 119 Å².